The molecule has 0 bridgehead atoms. The molecule has 1 aromatic carbocycles. The van der Waals surface area contributed by atoms with Crippen LogP contribution < -0.4 is 0 Å². The van der Waals surface area contributed by atoms with Crippen LogP contribution in [-0.2, 0) is 7.05 Å². The molecule has 0 amide bonds. The van der Waals surface area contributed by atoms with Gasteiger partial charge in [-0.3, -0.25) is 4.68 Å². The Morgan fingerprint density at radius 1 is 1.00 bits per heavy atom. The van der Waals surface area contributed by atoms with Gasteiger partial charge in [-0.05, 0) is 32.4 Å². The zero-order valence-electron chi connectivity index (χ0n) is 11.6. The van der Waals surface area contributed by atoms with E-state index >= 15 is 0 Å². The first-order valence-corrected chi connectivity index (χ1v) is 6.30. The van der Waals surface area contributed by atoms with Crippen molar-refractivity contribution in [2.45, 2.75) is 20.8 Å². The quantitative estimate of drug-likeness (QED) is 0.668. The number of rotatable bonds is 1. The van der Waals surface area contributed by atoms with Crippen LogP contribution in [0.3, 0.4) is 0 Å². The van der Waals surface area contributed by atoms with Crippen LogP contribution in [0.1, 0.15) is 17.0 Å². The Hall–Kier alpha value is -2.23. The topological polar surface area (TPSA) is 43.6 Å². The molecule has 0 unspecified atom stereocenters. The Labute approximate surface area is 112 Å². The zero-order valence-corrected chi connectivity index (χ0v) is 11.6. The molecule has 0 atom stereocenters. The summed E-state index contributed by atoms with van der Waals surface area (Å²) in [5.74, 6) is 0.781. The highest BCUT2D eigenvalue weighted by atomic mass is 15.2. The summed E-state index contributed by atoms with van der Waals surface area (Å²) in [6.07, 6.45) is 1.87. The van der Waals surface area contributed by atoms with Crippen molar-refractivity contribution < 1.29 is 0 Å². The summed E-state index contributed by atoms with van der Waals surface area (Å²) < 4.78 is 1.87. The van der Waals surface area contributed by atoms with Gasteiger partial charge in [0.15, 0.2) is 5.82 Å². The Balaban J connectivity index is 2.21. The summed E-state index contributed by atoms with van der Waals surface area (Å²) in [5.41, 5.74) is 5.35. The van der Waals surface area contributed by atoms with Crippen LogP contribution in [0, 0.1) is 20.8 Å². The monoisotopic (exact) mass is 252 g/mol. The van der Waals surface area contributed by atoms with Gasteiger partial charge in [0.1, 0.15) is 0 Å². The van der Waals surface area contributed by atoms with Crippen LogP contribution >= 0.6 is 0 Å². The van der Waals surface area contributed by atoms with E-state index < -0.39 is 0 Å². The van der Waals surface area contributed by atoms with E-state index in [-0.39, 0.29) is 0 Å². The smallest absolute Gasteiger partial charge is 0.159 e. The van der Waals surface area contributed by atoms with E-state index in [9.17, 15) is 0 Å². The highest BCUT2D eigenvalue weighted by molar-refractivity contribution is 5.83. The van der Waals surface area contributed by atoms with Gasteiger partial charge in [-0.25, -0.2) is 9.97 Å². The lowest BCUT2D eigenvalue weighted by Gasteiger charge is -2.07. The molecule has 0 fully saturated rings. The molecule has 19 heavy (non-hydrogen) atoms. The second kappa shape index (κ2) is 4.16. The van der Waals surface area contributed by atoms with Gasteiger partial charge in [-0.1, -0.05) is 12.1 Å². The fourth-order valence-electron chi connectivity index (χ4n) is 2.18. The Morgan fingerprint density at radius 2 is 1.68 bits per heavy atom. The van der Waals surface area contributed by atoms with E-state index in [4.69, 9.17) is 0 Å². The van der Waals surface area contributed by atoms with Gasteiger partial charge in [-0.2, -0.15) is 5.10 Å². The number of hydrogen-bond acceptors (Lipinski definition) is 3. The van der Waals surface area contributed by atoms with E-state index in [1.807, 2.05) is 37.8 Å². The van der Waals surface area contributed by atoms with E-state index in [0.29, 0.717) is 0 Å². The van der Waals surface area contributed by atoms with E-state index in [1.165, 1.54) is 0 Å². The van der Waals surface area contributed by atoms with Crippen LogP contribution in [0.15, 0.2) is 24.4 Å². The number of fused-ring (bicyclic) bond motifs is 1. The van der Waals surface area contributed by atoms with Gasteiger partial charge in [0.2, 0.25) is 0 Å². The summed E-state index contributed by atoms with van der Waals surface area (Å²) in [6, 6.07) is 6.20. The van der Waals surface area contributed by atoms with Crippen LogP contribution in [0.5, 0.6) is 0 Å². The second-order valence-electron chi connectivity index (χ2n) is 4.88. The van der Waals surface area contributed by atoms with E-state index in [0.717, 1.165) is 39.2 Å². The van der Waals surface area contributed by atoms with Gasteiger partial charge in [0, 0.05) is 29.4 Å². The third-order valence-electron chi connectivity index (χ3n) is 3.64. The summed E-state index contributed by atoms with van der Waals surface area (Å²) in [6.45, 7) is 6.10. The molecule has 0 radical (unpaired) electrons. The summed E-state index contributed by atoms with van der Waals surface area (Å²) in [5, 5.41) is 5.39. The number of nitrogens with zero attached hydrogens (tertiary/aromatic N) is 4. The third kappa shape index (κ3) is 1.89. The first-order chi connectivity index (χ1) is 9.06. The average molecular weight is 252 g/mol. The molecule has 2 heterocycles. The normalized spacial score (nSPS) is 11.2. The maximum Gasteiger partial charge on any atom is 0.159 e. The number of benzene rings is 1. The van der Waals surface area contributed by atoms with Crippen molar-refractivity contribution in [1.29, 1.82) is 0 Å². The molecule has 2 aromatic heterocycles. The minimum Gasteiger partial charge on any atom is -0.268 e. The first-order valence-electron chi connectivity index (χ1n) is 6.30. The fourth-order valence-corrected chi connectivity index (χ4v) is 2.18. The molecule has 0 aliphatic carbocycles. The molecule has 4 nitrogen and oxygen atoms in total. The van der Waals surface area contributed by atoms with E-state index in [2.05, 4.69) is 34.1 Å². The number of aromatic nitrogens is 4. The fraction of sp³-hybridized carbons (Fsp3) is 0.267. The van der Waals surface area contributed by atoms with Crippen molar-refractivity contribution in [1.82, 2.24) is 19.7 Å². The molecule has 0 aliphatic heterocycles. The van der Waals surface area contributed by atoms with Crippen molar-refractivity contribution in [3.63, 3.8) is 0 Å². The van der Waals surface area contributed by atoms with Gasteiger partial charge in [0.05, 0.1) is 11.7 Å². The minimum atomic E-state index is 0.781. The lowest BCUT2D eigenvalue weighted by Crippen LogP contribution is -1.99. The SMILES string of the molecule is Cc1nc(-c2ccc3cnn(C)c3c2)nc(C)c1C. The molecule has 4 heteroatoms. The predicted octanol–water partition coefficient (Wildman–Crippen LogP) is 2.96. The lowest BCUT2D eigenvalue weighted by atomic mass is 10.1. The van der Waals surface area contributed by atoms with Gasteiger partial charge >= 0.3 is 0 Å². The van der Waals surface area contributed by atoms with Crippen LogP contribution in [0.4, 0.5) is 0 Å². The van der Waals surface area contributed by atoms with Gasteiger partial charge < -0.3 is 0 Å². The zero-order chi connectivity index (χ0) is 13.6. The molecule has 0 saturated carbocycles. The second-order valence-corrected chi connectivity index (χ2v) is 4.88. The Morgan fingerprint density at radius 3 is 2.37 bits per heavy atom. The maximum atomic E-state index is 4.58. The molecular formula is C15H16N4. The van der Waals surface area contributed by atoms with Gasteiger partial charge in [-0.15, -0.1) is 0 Å². The van der Waals surface area contributed by atoms with Crippen molar-refractivity contribution in [3.8, 4) is 11.4 Å². The van der Waals surface area contributed by atoms with Crippen LogP contribution in [-0.4, -0.2) is 19.7 Å². The van der Waals surface area contributed by atoms with Crippen molar-refractivity contribution in [3.05, 3.63) is 41.3 Å². The van der Waals surface area contributed by atoms with Crippen LogP contribution in [0.25, 0.3) is 22.3 Å². The molecular weight excluding hydrogens is 236 g/mol. The largest absolute Gasteiger partial charge is 0.268 e. The van der Waals surface area contributed by atoms with Gasteiger partial charge in [0.25, 0.3) is 0 Å². The number of aryl methyl sites for hydroxylation is 3. The third-order valence-corrected chi connectivity index (χ3v) is 3.64. The Bertz CT molecular complexity index is 748. The molecule has 0 spiro atoms. The van der Waals surface area contributed by atoms with E-state index in [1.54, 1.807) is 0 Å². The highest BCUT2D eigenvalue weighted by Crippen LogP contribution is 2.23. The first kappa shape index (κ1) is 11.8. The standard InChI is InChI=1S/C15H16N4/c1-9-10(2)17-15(18-11(9)3)12-5-6-13-8-16-19(4)14(13)7-12/h5-8H,1-4H3. The molecule has 0 N–H and O–H groups in total. The molecule has 3 rings (SSSR count). The van der Waals surface area contributed by atoms with Crippen molar-refractivity contribution in [2.24, 2.45) is 7.05 Å². The average Bonchev–Trinajstić information content (AvgIpc) is 2.77. The molecule has 3 aromatic rings. The van der Waals surface area contributed by atoms with Crippen molar-refractivity contribution >= 4 is 10.9 Å². The minimum absolute atomic E-state index is 0.781. The molecule has 0 aliphatic rings. The predicted molar refractivity (Wildman–Crippen MR) is 76.0 cm³/mol. The van der Waals surface area contributed by atoms with Crippen molar-refractivity contribution in [2.75, 3.05) is 0 Å². The molecule has 96 valence electrons. The summed E-state index contributed by atoms with van der Waals surface area (Å²) in [4.78, 5) is 9.17. The Kier molecular flexibility index (Phi) is 2.59. The highest BCUT2D eigenvalue weighted by Gasteiger charge is 2.08. The maximum absolute atomic E-state index is 4.58. The summed E-state index contributed by atoms with van der Waals surface area (Å²) in [7, 11) is 1.94. The summed E-state index contributed by atoms with van der Waals surface area (Å²) >= 11 is 0. The van der Waals surface area contributed by atoms with Crippen LogP contribution in [0.2, 0.25) is 0 Å². The molecule has 0 saturated heterocycles. The lowest BCUT2D eigenvalue weighted by molar-refractivity contribution is 0.797. The number of hydrogen-bond donors (Lipinski definition) is 0.